The van der Waals surface area contributed by atoms with Crippen molar-refractivity contribution >= 4 is 6.09 Å². The zero-order chi connectivity index (χ0) is 15.0. The number of piperazine rings is 1. The maximum Gasteiger partial charge on any atom is 0.411 e. The summed E-state index contributed by atoms with van der Waals surface area (Å²) in [5.74, 6) is 0. The first kappa shape index (κ1) is 14.4. The highest BCUT2D eigenvalue weighted by Gasteiger charge is 2.44. The van der Waals surface area contributed by atoms with Crippen molar-refractivity contribution in [3.8, 4) is 0 Å². The molecule has 3 atom stereocenters. The normalized spacial score (nSPS) is 31.7. The Balaban J connectivity index is 1.81. The summed E-state index contributed by atoms with van der Waals surface area (Å²) in [6.07, 6.45) is 9.04. The Hall–Kier alpha value is -1.53. The molecule has 3 heterocycles. The predicted octanol–water partition coefficient (Wildman–Crippen LogP) is 1.18. The lowest BCUT2D eigenvalue weighted by molar-refractivity contribution is -0.0425. The van der Waals surface area contributed by atoms with Crippen LogP contribution in [0, 0.1) is 0 Å². The molecule has 0 saturated carbocycles. The zero-order valence-electron chi connectivity index (χ0n) is 12.9. The fourth-order valence-corrected chi connectivity index (χ4v) is 3.14. The SMILES string of the molecule is CC(C)(C)OC(=O)N1CC2C=CC=CN2C2CCNNC21. The molecule has 3 aliphatic heterocycles. The number of hydrogen-bond acceptors (Lipinski definition) is 5. The average molecular weight is 292 g/mol. The Morgan fingerprint density at radius 3 is 2.90 bits per heavy atom. The molecule has 3 rings (SSSR count). The van der Waals surface area contributed by atoms with E-state index in [1.165, 1.54) is 0 Å². The minimum absolute atomic E-state index is 0.0685. The van der Waals surface area contributed by atoms with Gasteiger partial charge in [0.1, 0.15) is 11.8 Å². The molecule has 2 fully saturated rings. The summed E-state index contributed by atoms with van der Waals surface area (Å²) in [4.78, 5) is 16.7. The molecular formula is C15H24N4O2. The minimum Gasteiger partial charge on any atom is -0.444 e. The van der Waals surface area contributed by atoms with Crippen LogP contribution in [0.15, 0.2) is 24.4 Å². The summed E-state index contributed by atoms with van der Waals surface area (Å²) in [6.45, 7) is 7.22. The Labute approximate surface area is 125 Å². The molecule has 116 valence electrons. The van der Waals surface area contributed by atoms with Crippen LogP contribution in [-0.4, -0.2) is 52.8 Å². The van der Waals surface area contributed by atoms with Crippen LogP contribution in [0.1, 0.15) is 27.2 Å². The van der Waals surface area contributed by atoms with Gasteiger partial charge < -0.3 is 9.64 Å². The first-order valence-corrected chi connectivity index (χ1v) is 7.56. The number of amides is 1. The van der Waals surface area contributed by atoms with Crippen LogP contribution in [0.25, 0.3) is 0 Å². The lowest BCUT2D eigenvalue weighted by Gasteiger charge is -2.53. The molecule has 3 unspecified atom stereocenters. The zero-order valence-corrected chi connectivity index (χ0v) is 12.9. The standard InChI is InChI=1S/C15H24N4O2/c1-15(2,3)21-14(20)19-10-11-6-4-5-9-18(11)12-7-8-16-17-13(12)19/h4-6,9,11-13,16-17H,7-8,10H2,1-3H3. The summed E-state index contributed by atoms with van der Waals surface area (Å²) in [7, 11) is 0. The number of rotatable bonds is 0. The highest BCUT2D eigenvalue weighted by molar-refractivity contribution is 5.69. The highest BCUT2D eigenvalue weighted by Crippen LogP contribution is 2.28. The molecule has 0 aromatic carbocycles. The second kappa shape index (κ2) is 5.35. The van der Waals surface area contributed by atoms with Crippen molar-refractivity contribution in [1.29, 1.82) is 0 Å². The molecule has 0 bridgehead atoms. The van der Waals surface area contributed by atoms with Crippen molar-refractivity contribution in [2.24, 2.45) is 0 Å². The third-order valence-corrected chi connectivity index (χ3v) is 4.00. The number of ether oxygens (including phenoxy) is 1. The van der Waals surface area contributed by atoms with Gasteiger partial charge in [0, 0.05) is 19.3 Å². The van der Waals surface area contributed by atoms with E-state index < -0.39 is 5.60 Å². The van der Waals surface area contributed by atoms with Crippen molar-refractivity contribution in [2.45, 2.75) is 51.0 Å². The molecule has 2 saturated heterocycles. The van der Waals surface area contributed by atoms with E-state index in [2.05, 4.69) is 34.1 Å². The summed E-state index contributed by atoms with van der Waals surface area (Å²) in [5.41, 5.74) is 5.93. The van der Waals surface area contributed by atoms with E-state index >= 15 is 0 Å². The van der Waals surface area contributed by atoms with Crippen LogP contribution in [0.5, 0.6) is 0 Å². The van der Waals surface area contributed by atoms with Gasteiger partial charge in [-0.3, -0.25) is 10.3 Å². The number of nitrogens with one attached hydrogen (secondary N) is 2. The molecule has 21 heavy (non-hydrogen) atoms. The first-order valence-electron chi connectivity index (χ1n) is 7.56. The topological polar surface area (TPSA) is 56.8 Å². The van der Waals surface area contributed by atoms with Crippen LogP contribution in [-0.2, 0) is 4.74 Å². The van der Waals surface area contributed by atoms with Gasteiger partial charge >= 0.3 is 6.09 Å². The molecule has 0 spiro atoms. The summed E-state index contributed by atoms with van der Waals surface area (Å²) in [5, 5.41) is 0. The number of allylic oxidation sites excluding steroid dienone is 2. The fraction of sp³-hybridized carbons (Fsp3) is 0.667. The van der Waals surface area contributed by atoms with E-state index in [4.69, 9.17) is 4.74 Å². The molecule has 0 aromatic heterocycles. The van der Waals surface area contributed by atoms with Gasteiger partial charge in [0.05, 0.1) is 12.1 Å². The Morgan fingerprint density at radius 2 is 2.14 bits per heavy atom. The average Bonchev–Trinajstić information content (AvgIpc) is 2.44. The van der Waals surface area contributed by atoms with Gasteiger partial charge in [-0.1, -0.05) is 12.2 Å². The quantitative estimate of drug-likeness (QED) is 0.702. The van der Waals surface area contributed by atoms with Gasteiger partial charge in [0.15, 0.2) is 0 Å². The van der Waals surface area contributed by atoms with Crippen molar-refractivity contribution in [2.75, 3.05) is 13.1 Å². The summed E-state index contributed by atoms with van der Waals surface area (Å²) in [6, 6.07) is 0.488. The minimum atomic E-state index is -0.478. The van der Waals surface area contributed by atoms with Crippen LogP contribution >= 0.6 is 0 Å². The number of hydrogen-bond donors (Lipinski definition) is 2. The lowest BCUT2D eigenvalue weighted by atomic mass is 9.97. The van der Waals surface area contributed by atoms with Crippen molar-refractivity contribution in [1.82, 2.24) is 20.7 Å². The maximum atomic E-state index is 12.5. The van der Waals surface area contributed by atoms with Crippen molar-refractivity contribution < 1.29 is 9.53 Å². The number of carbonyl (C=O) groups is 1. The molecule has 3 aliphatic rings. The number of fused-ring (bicyclic) bond motifs is 3. The van der Waals surface area contributed by atoms with Crippen LogP contribution < -0.4 is 10.9 Å². The van der Waals surface area contributed by atoms with E-state index in [1.807, 2.05) is 31.7 Å². The number of hydrazine groups is 1. The highest BCUT2D eigenvalue weighted by atomic mass is 16.6. The second-order valence-corrected chi connectivity index (χ2v) is 6.75. The molecule has 6 heteroatoms. The van der Waals surface area contributed by atoms with E-state index in [0.29, 0.717) is 6.54 Å². The van der Waals surface area contributed by atoms with Crippen LogP contribution in [0.2, 0.25) is 0 Å². The molecule has 0 radical (unpaired) electrons. The van der Waals surface area contributed by atoms with Gasteiger partial charge in [-0.25, -0.2) is 10.2 Å². The maximum absolute atomic E-state index is 12.5. The molecule has 1 amide bonds. The Bertz CT molecular complexity index is 469. The predicted molar refractivity (Wildman–Crippen MR) is 80.2 cm³/mol. The second-order valence-electron chi connectivity index (χ2n) is 6.75. The summed E-state index contributed by atoms with van der Waals surface area (Å²) >= 11 is 0. The first-order chi connectivity index (χ1) is 9.96. The fourth-order valence-electron chi connectivity index (χ4n) is 3.14. The van der Waals surface area contributed by atoms with Crippen LogP contribution in [0.3, 0.4) is 0 Å². The lowest BCUT2D eigenvalue weighted by Crippen LogP contribution is -2.72. The largest absolute Gasteiger partial charge is 0.444 e. The molecule has 6 nitrogen and oxygen atoms in total. The molecule has 0 aromatic rings. The third kappa shape index (κ3) is 2.91. The van der Waals surface area contributed by atoms with Gasteiger partial charge in [0.25, 0.3) is 0 Å². The van der Waals surface area contributed by atoms with Gasteiger partial charge in [-0.2, -0.15) is 0 Å². The van der Waals surface area contributed by atoms with Gasteiger partial charge in [-0.15, -0.1) is 0 Å². The molecule has 2 N–H and O–H groups in total. The Kier molecular flexibility index (Phi) is 3.67. The smallest absolute Gasteiger partial charge is 0.411 e. The van der Waals surface area contributed by atoms with Crippen molar-refractivity contribution in [3.63, 3.8) is 0 Å². The van der Waals surface area contributed by atoms with Gasteiger partial charge in [0.2, 0.25) is 0 Å². The van der Waals surface area contributed by atoms with Gasteiger partial charge in [-0.05, 0) is 33.3 Å². The number of nitrogens with zero attached hydrogens (tertiary/aromatic N) is 2. The monoisotopic (exact) mass is 292 g/mol. The van der Waals surface area contributed by atoms with E-state index in [1.54, 1.807) is 0 Å². The van der Waals surface area contributed by atoms with Crippen LogP contribution in [0.4, 0.5) is 4.79 Å². The Morgan fingerprint density at radius 1 is 1.33 bits per heavy atom. The van der Waals surface area contributed by atoms with E-state index in [0.717, 1.165) is 13.0 Å². The molecule has 0 aliphatic carbocycles. The third-order valence-electron chi connectivity index (χ3n) is 4.00. The summed E-state index contributed by atoms with van der Waals surface area (Å²) < 4.78 is 5.56. The van der Waals surface area contributed by atoms with E-state index in [9.17, 15) is 4.79 Å². The number of carbonyl (C=O) groups excluding carboxylic acids is 1. The molecular weight excluding hydrogens is 268 g/mol. The van der Waals surface area contributed by atoms with Crippen molar-refractivity contribution in [3.05, 3.63) is 24.4 Å². The van der Waals surface area contributed by atoms with E-state index in [-0.39, 0.29) is 24.3 Å².